The molecule has 0 atom stereocenters. The Bertz CT molecular complexity index is 609. The zero-order chi connectivity index (χ0) is 13.9. The van der Waals surface area contributed by atoms with Crippen molar-refractivity contribution in [2.45, 2.75) is 6.92 Å². The lowest BCUT2D eigenvalue weighted by atomic mass is 10.1. The van der Waals surface area contributed by atoms with Gasteiger partial charge >= 0.3 is 0 Å². The maximum Gasteiger partial charge on any atom is 0.226 e. The third-order valence-corrected chi connectivity index (χ3v) is 3.86. The minimum absolute atomic E-state index is 0.835. The van der Waals surface area contributed by atoms with Crippen LogP contribution in [0.25, 0.3) is 11.3 Å². The summed E-state index contributed by atoms with van der Waals surface area (Å²) < 4.78 is 1.06. The fourth-order valence-corrected chi connectivity index (χ4v) is 2.75. The van der Waals surface area contributed by atoms with Crippen molar-refractivity contribution in [3.05, 3.63) is 40.5 Å². The van der Waals surface area contributed by atoms with E-state index in [0.717, 1.165) is 53.6 Å². The van der Waals surface area contributed by atoms with Gasteiger partial charge in [0.15, 0.2) is 0 Å². The number of benzene rings is 1. The van der Waals surface area contributed by atoms with E-state index in [2.05, 4.69) is 43.3 Å². The van der Waals surface area contributed by atoms with Gasteiger partial charge in [0.05, 0.1) is 5.69 Å². The van der Waals surface area contributed by atoms with Gasteiger partial charge in [0, 0.05) is 41.9 Å². The summed E-state index contributed by atoms with van der Waals surface area (Å²) in [7, 11) is 0. The van der Waals surface area contributed by atoms with E-state index < -0.39 is 0 Å². The van der Waals surface area contributed by atoms with E-state index >= 15 is 0 Å². The number of aryl methyl sites for hydroxylation is 1. The summed E-state index contributed by atoms with van der Waals surface area (Å²) >= 11 is 3.51. The number of piperazine rings is 1. The molecule has 1 aliphatic heterocycles. The van der Waals surface area contributed by atoms with E-state index in [4.69, 9.17) is 4.98 Å². The highest BCUT2D eigenvalue weighted by Crippen LogP contribution is 2.23. The van der Waals surface area contributed by atoms with Crippen LogP contribution in [0.5, 0.6) is 0 Å². The number of rotatable bonds is 2. The molecule has 1 N–H and O–H groups in total. The summed E-state index contributed by atoms with van der Waals surface area (Å²) in [5.41, 5.74) is 3.09. The van der Waals surface area contributed by atoms with Crippen LogP contribution in [-0.2, 0) is 0 Å². The SMILES string of the molecule is Cc1cc(-c2cccc(Br)c2)nc(N2CCNCC2)n1. The molecule has 1 aromatic heterocycles. The molecule has 104 valence electrons. The lowest BCUT2D eigenvalue weighted by Crippen LogP contribution is -2.44. The van der Waals surface area contributed by atoms with Crippen molar-refractivity contribution in [2.75, 3.05) is 31.1 Å². The summed E-state index contributed by atoms with van der Waals surface area (Å²) in [4.78, 5) is 11.6. The molecule has 4 nitrogen and oxygen atoms in total. The molecule has 3 rings (SSSR count). The predicted octanol–water partition coefficient (Wildman–Crippen LogP) is 2.62. The van der Waals surface area contributed by atoms with Crippen LogP contribution < -0.4 is 10.2 Å². The molecule has 0 radical (unpaired) electrons. The summed E-state index contributed by atoms with van der Waals surface area (Å²) in [6.07, 6.45) is 0. The second kappa shape index (κ2) is 5.89. The lowest BCUT2D eigenvalue weighted by Gasteiger charge is -2.27. The molecule has 5 heteroatoms. The first-order chi connectivity index (χ1) is 9.72. The minimum Gasteiger partial charge on any atom is -0.338 e. The van der Waals surface area contributed by atoms with E-state index in [1.54, 1.807) is 0 Å². The Balaban J connectivity index is 1.97. The van der Waals surface area contributed by atoms with Crippen molar-refractivity contribution in [2.24, 2.45) is 0 Å². The van der Waals surface area contributed by atoms with Crippen LogP contribution in [0.1, 0.15) is 5.69 Å². The molecule has 0 saturated carbocycles. The standard InChI is InChI=1S/C15H17BrN4/c1-11-9-14(12-3-2-4-13(16)10-12)19-15(18-11)20-7-5-17-6-8-20/h2-4,9-10,17H,5-8H2,1H3. The summed E-state index contributed by atoms with van der Waals surface area (Å²) in [5, 5.41) is 3.35. The van der Waals surface area contributed by atoms with E-state index in [1.165, 1.54) is 0 Å². The largest absolute Gasteiger partial charge is 0.338 e. The molecule has 1 aromatic carbocycles. The Morgan fingerprint density at radius 1 is 1.15 bits per heavy atom. The van der Waals surface area contributed by atoms with Crippen LogP contribution >= 0.6 is 15.9 Å². The average molecular weight is 333 g/mol. The number of halogens is 1. The van der Waals surface area contributed by atoms with Crippen LogP contribution in [0.15, 0.2) is 34.8 Å². The maximum atomic E-state index is 4.73. The van der Waals surface area contributed by atoms with Gasteiger partial charge in [0.1, 0.15) is 0 Å². The highest BCUT2D eigenvalue weighted by Gasteiger charge is 2.14. The predicted molar refractivity (Wildman–Crippen MR) is 85.0 cm³/mol. The monoisotopic (exact) mass is 332 g/mol. The minimum atomic E-state index is 0.835. The van der Waals surface area contributed by atoms with E-state index in [9.17, 15) is 0 Å². The van der Waals surface area contributed by atoms with Gasteiger partial charge in [-0.05, 0) is 25.1 Å². The quantitative estimate of drug-likeness (QED) is 0.917. The number of nitrogens with one attached hydrogen (secondary N) is 1. The molecule has 2 heterocycles. The van der Waals surface area contributed by atoms with Crippen molar-refractivity contribution >= 4 is 21.9 Å². The van der Waals surface area contributed by atoms with Crippen molar-refractivity contribution < 1.29 is 0 Å². The van der Waals surface area contributed by atoms with Crippen LogP contribution in [-0.4, -0.2) is 36.1 Å². The van der Waals surface area contributed by atoms with E-state index in [-0.39, 0.29) is 0 Å². The van der Waals surface area contributed by atoms with Gasteiger partial charge in [-0.25, -0.2) is 9.97 Å². The first-order valence-corrected chi connectivity index (χ1v) is 7.59. The average Bonchev–Trinajstić information content (AvgIpc) is 2.47. The molecule has 0 aliphatic carbocycles. The Labute approximate surface area is 127 Å². The zero-order valence-electron chi connectivity index (χ0n) is 11.4. The van der Waals surface area contributed by atoms with Crippen LogP contribution in [0.4, 0.5) is 5.95 Å². The molecule has 1 saturated heterocycles. The molecule has 20 heavy (non-hydrogen) atoms. The molecule has 2 aromatic rings. The van der Waals surface area contributed by atoms with Gasteiger partial charge in [-0.15, -0.1) is 0 Å². The van der Waals surface area contributed by atoms with Gasteiger partial charge in [-0.1, -0.05) is 28.1 Å². The molecular formula is C15H17BrN4. The summed E-state index contributed by atoms with van der Waals surface area (Å²) in [6.45, 7) is 5.92. The number of hydrogen-bond acceptors (Lipinski definition) is 4. The van der Waals surface area contributed by atoms with Gasteiger partial charge in [0.25, 0.3) is 0 Å². The Kier molecular flexibility index (Phi) is 3.98. The molecule has 0 amide bonds. The molecule has 0 bridgehead atoms. The normalized spacial score (nSPS) is 15.4. The molecule has 1 fully saturated rings. The van der Waals surface area contributed by atoms with Crippen molar-refractivity contribution in [1.82, 2.24) is 15.3 Å². The highest BCUT2D eigenvalue weighted by molar-refractivity contribution is 9.10. The smallest absolute Gasteiger partial charge is 0.226 e. The van der Waals surface area contributed by atoms with Gasteiger partial charge in [-0.3, -0.25) is 0 Å². The molecule has 0 spiro atoms. The van der Waals surface area contributed by atoms with Crippen LogP contribution in [0, 0.1) is 6.92 Å². The summed E-state index contributed by atoms with van der Waals surface area (Å²) in [5.74, 6) is 0.835. The highest BCUT2D eigenvalue weighted by atomic mass is 79.9. The fourth-order valence-electron chi connectivity index (χ4n) is 2.35. The van der Waals surface area contributed by atoms with Crippen molar-refractivity contribution in [3.8, 4) is 11.3 Å². The van der Waals surface area contributed by atoms with E-state index in [1.807, 2.05) is 25.1 Å². The van der Waals surface area contributed by atoms with Crippen LogP contribution in [0.3, 0.4) is 0 Å². The van der Waals surface area contributed by atoms with Gasteiger partial charge < -0.3 is 10.2 Å². The van der Waals surface area contributed by atoms with Gasteiger partial charge in [-0.2, -0.15) is 0 Å². The number of anilines is 1. The third kappa shape index (κ3) is 2.99. The molecule has 1 aliphatic rings. The number of aromatic nitrogens is 2. The topological polar surface area (TPSA) is 41.1 Å². The first-order valence-electron chi connectivity index (χ1n) is 6.80. The Hall–Kier alpha value is -1.46. The van der Waals surface area contributed by atoms with Gasteiger partial charge in [0.2, 0.25) is 5.95 Å². The van der Waals surface area contributed by atoms with Crippen molar-refractivity contribution in [3.63, 3.8) is 0 Å². The molecular weight excluding hydrogens is 316 g/mol. The Morgan fingerprint density at radius 2 is 1.95 bits per heavy atom. The van der Waals surface area contributed by atoms with E-state index in [0.29, 0.717) is 0 Å². The second-order valence-electron chi connectivity index (χ2n) is 4.94. The number of nitrogens with zero attached hydrogens (tertiary/aromatic N) is 3. The summed E-state index contributed by atoms with van der Waals surface area (Å²) in [6, 6.07) is 10.3. The number of hydrogen-bond donors (Lipinski definition) is 1. The second-order valence-corrected chi connectivity index (χ2v) is 5.86. The van der Waals surface area contributed by atoms with Crippen molar-refractivity contribution in [1.29, 1.82) is 0 Å². The third-order valence-electron chi connectivity index (χ3n) is 3.36. The first kappa shape index (κ1) is 13.5. The zero-order valence-corrected chi connectivity index (χ0v) is 13.0. The lowest BCUT2D eigenvalue weighted by molar-refractivity contribution is 0.579. The maximum absolute atomic E-state index is 4.73. The van der Waals surface area contributed by atoms with Crippen LogP contribution in [0.2, 0.25) is 0 Å². The Morgan fingerprint density at radius 3 is 2.70 bits per heavy atom. The molecule has 0 unspecified atom stereocenters. The fraction of sp³-hybridized carbons (Fsp3) is 0.333.